The van der Waals surface area contributed by atoms with Gasteiger partial charge in [-0.2, -0.15) is 33.7 Å². The largest absolute Gasteiger partial charge is 0.507 e. The van der Waals surface area contributed by atoms with Crippen molar-refractivity contribution in [3.63, 3.8) is 0 Å². The molecule has 0 saturated carbocycles. The van der Waals surface area contributed by atoms with Crippen molar-refractivity contribution in [3.8, 4) is 23.0 Å². The maximum Gasteiger partial charge on any atom is 0.323 e. The first kappa shape index (κ1) is 60.9. The number of nitrogens with zero attached hydrogens (tertiary/aromatic N) is 4. The number of methoxy groups -OCH3 is 2. The van der Waals surface area contributed by atoms with Crippen LogP contribution in [0.15, 0.2) is 113 Å². The second kappa shape index (κ2) is 23.3. The average molecular weight is 1050 g/mol. The maximum atomic E-state index is 13.4. The van der Waals surface area contributed by atoms with Gasteiger partial charge in [0.1, 0.15) is 55.5 Å². The fourth-order valence-corrected chi connectivity index (χ4v) is 8.36. The van der Waals surface area contributed by atoms with Gasteiger partial charge in [0.15, 0.2) is 0 Å². The minimum absolute atomic E-state index is 0. The van der Waals surface area contributed by atoms with Crippen LogP contribution in [0.3, 0.4) is 0 Å². The van der Waals surface area contributed by atoms with E-state index in [0.29, 0.717) is 24.3 Å². The minimum Gasteiger partial charge on any atom is -0.507 e. The van der Waals surface area contributed by atoms with Crippen LogP contribution in [0.4, 0.5) is 50.3 Å². The van der Waals surface area contributed by atoms with Gasteiger partial charge in [-0.05, 0) is 47.2 Å². The summed E-state index contributed by atoms with van der Waals surface area (Å²) in [6.07, 6.45) is 0. The number of phenolic OH excluding ortho intramolecular Hbond substituents is 2. The van der Waals surface area contributed by atoms with Crippen LogP contribution in [0.25, 0.3) is 21.5 Å². The molecule has 12 N–H and O–H groups in total. The molecule has 0 aromatic heterocycles. The summed E-state index contributed by atoms with van der Waals surface area (Å²) in [5.74, 6) is -2.04. The molecule has 33 heteroatoms. The molecule has 0 heterocycles. The molecular formula is C35H30N8Na4O17S4. The quantitative estimate of drug-likeness (QED) is 0.0348. The minimum atomic E-state index is -5.20. The fraction of sp³-hybridized carbons (Fsp3) is 0.0571. The van der Waals surface area contributed by atoms with E-state index in [4.69, 9.17) is 20.9 Å². The summed E-state index contributed by atoms with van der Waals surface area (Å²) in [4.78, 5) is 10.1. The van der Waals surface area contributed by atoms with Crippen molar-refractivity contribution < 1.29 is 76.4 Å². The van der Waals surface area contributed by atoms with Crippen molar-refractivity contribution in [3.05, 3.63) is 72.8 Å². The van der Waals surface area contributed by atoms with E-state index in [9.17, 15) is 66.9 Å². The molecule has 0 aliphatic heterocycles. The summed E-state index contributed by atoms with van der Waals surface area (Å²) >= 11 is 0. The molecule has 2 amide bonds. The van der Waals surface area contributed by atoms with Gasteiger partial charge >= 0.3 is 6.03 Å². The van der Waals surface area contributed by atoms with Crippen LogP contribution in [-0.4, -0.2) is 201 Å². The zero-order valence-corrected chi connectivity index (χ0v) is 47.4. The molecule has 0 aliphatic rings. The number of carbonyl (C=O) groups excluding carboxylic acids is 1. The number of nitrogen functional groups attached to an aromatic ring is 2. The third-order valence-electron chi connectivity index (χ3n) is 8.87. The fourth-order valence-electron chi connectivity index (χ4n) is 6.03. The summed E-state index contributed by atoms with van der Waals surface area (Å²) in [5, 5.41) is 41.0. The second-order valence-electron chi connectivity index (χ2n) is 13.0. The van der Waals surface area contributed by atoms with Gasteiger partial charge in [-0.15, -0.1) is 20.5 Å². The third-order valence-corrected chi connectivity index (χ3v) is 12.3. The molecule has 0 bridgehead atoms. The summed E-state index contributed by atoms with van der Waals surface area (Å²) in [6, 6.07) is 10.5. The molecule has 0 atom stereocenters. The zero-order valence-electron chi connectivity index (χ0n) is 36.2. The number of nitrogens with two attached hydrogens (primary N) is 2. The Balaban J connectivity index is 0.00000397. The van der Waals surface area contributed by atoms with Crippen LogP contribution in [0.5, 0.6) is 23.0 Å². The number of azo groups is 2. The van der Waals surface area contributed by atoms with E-state index >= 15 is 0 Å². The number of urea groups is 1. The molecule has 0 aliphatic carbocycles. The number of phenols is 2. The molecule has 6 aromatic carbocycles. The Morgan fingerprint density at radius 2 is 0.853 bits per heavy atom. The molecule has 340 valence electrons. The first-order valence-corrected chi connectivity index (χ1v) is 22.8. The molecule has 25 nitrogen and oxygen atoms in total. The molecule has 0 unspecified atom stereocenters. The number of benzene rings is 6. The van der Waals surface area contributed by atoms with Gasteiger partial charge in [0.05, 0.1) is 57.5 Å². The van der Waals surface area contributed by atoms with E-state index in [1.807, 2.05) is 0 Å². The van der Waals surface area contributed by atoms with Crippen LogP contribution in [0.2, 0.25) is 0 Å². The van der Waals surface area contributed by atoms with Crippen molar-refractivity contribution in [2.75, 3.05) is 36.3 Å². The second-order valence-corrected chi connectivity index (χ2v) is 18.6. The average Bonchev–Trinajstić information content (AvgIpc) is 3.18. The molecule has 68 heavy (non-hydrogen) atoms. The number of nitrogens with one attached hydrogen (secondary N) is 2. The molecule has 0 fully saturated rings. The van der Waals surface area contributed by atoms with Gasteiger partial charge in [-0.25, -0.2) is 4.79 Å². The van der Waals surface area contributed by atoms with Crippen molar-refractivity contribution in [2.45, 2.75) is 19.6 Å². The summed E-state index contributed by atoms with van der Waals surface area (Å²) in [5.41, 5.74) is 9.10. The number of carbonyl (C=O) groups is 1. The van der Waals surface area contributed by atoms with Crippen LogP contribution < -0.4 is 31.6 Å². The van der Waals surface area contributed by atoms with Crippen molar-refractivity contribution in [1.82, 2.24) is 0 Å². The Kier molecular flexibility index (Phi) is 20.9. The van der Waals surface area contributed by atoms with Gasteiger partial charge in [-0.3, -0.25) is 18.2 Å². The molecule has 6 aromatic rings. The van der Waals surface area contributed by atoms with Crippen molar-refractivity contribution in [2.24, 2.45) is 20.5 Å². The predicted octanol–water partition coefficient (Wildman–Crippen LogP) is 4.52. The summed E-state index contributed by atoms with van der Waals surface area (Å²) < 4.78 is 147. The Hall–Kier alpha value is -3.25. The van der Waals surface area contributed by atoms with Crippen LogP contribution in [0.1, 0.15) is 0 Å². The van der Waals surface area contributed by atoms with Crippen molar-refractivity contribution >= 4 is 232 Å². The predicted molar refractivity (Wildman–Crippen MR) is 249 cm³/mol. The van der Waals surface area contributed by atoms with Gasteiger partial charge in [0, 0.05) is 142 Å². The Morgan fingerprint density at radius 3 is 1.15 bits per heavy atom. The van der Waals surface area contributed by atoms with Gasteiger partial charge < -0.3 is 41.8 Å². The first-order chi connectivity index (χ1) is 29.7. The molecular weight excluding hydrogens is 1020 g/mol. The number of aromatic hydroxyl groups is 2. The normalized spacial score (nSPS) is 11.9. The maximum absolute atomic E-state index is 13.4. The van der Waals surface area contributed by atoms with E-state index in [-0.39, 0.29) is 174 Å². The number of anilines is 4. The molecule has 4 radical (unpaired) electrons. The van der Waals surface area contributed by atoms with Gasteiger partial charge in [-0.1, -0.05) is 12.1 Å². The van der Waals surface area contributed by atoms with Gasteiger partial charge in [0.25, 0.3) is 40.5 Å². The number of hydrogen-bond donors (Lipinski definition) is 10. The Morgan fingerprint density at radius 1 is 0.515 bits per heavy atom. The topological polar surface area (TPSA) is 419 Å². The number of rotatable bonds is 12. The monoisotopic (exact) mass is 1050 g/mol. The Labute approximate surface area is 474 Å². The molecule has 6 rings (SSSR count). The zero-order chi connectivity index (χ0) is 47.3. The first-order valence-electron chi connectivity index (χ1n) is 17.1. The number of hydrogen-bond acceptors (Lipinski definition) is 19. The third kappa shape index (κ3) is 13.6. The van der Waals surface area contributed by atoms with E-state index < -0.39 is 100 Å². The molecule has 0 spiro atoms. The van der Waals surface area contributed by atoms with Crippen LogP contribution in [0, 0.1) is 0 Å². The smallest absolute Gasteiger partial charge is 0.323 e. The number of fused-ring (bicyclic) bond motifs is 2. The van der Waals surface area contributed by atoms with Crippen LogP contribution in [-0.2, 0) is 40.5 Å². The Bertz CT molecular complexity index is 3290. The van der Waals surface area contributed by atoms with E-state index in [2.05, 4.69) is 31.1 Å². The van der Waals surface area contributed by atoms with E-state index in [1.54, 1.807) is 0 Å². The van der Waals surface area contributed by atoms with E-state index in [0.717, 1.165) is 38.5 Å². The SMILES string of the molecule is COc1cc(N=Nc2c(N)ccc3cc(S(=O)(=O)O)cc(O)c23)c(S(=O)(=O)O)cc1NC(=O)Nc1cc(S(=O)(=O)O)c(N=Nc2c(N)ccc3cc(S(=O)(=O)O)cc(O)c23)cc1OC.[Na].[Na].[Na].[Na]. The standard InChI is InChI=1S/C35H30N8O17S4.4Na/c1-59-27-11-23(40-42-33-19(36)5-3-15-7-17(61(47,48)49)9-25(44)31(15)33)29(63(53,54)55)13-21(27)38-35(46)39-22-14-30(64(56,57)58)24(12-28(22)60-2)41-43-34-20(37)6-4-16-8-18(62(50,51)52)10-26(45)32(16)34;;;;/h3-14,44-45H,36-37H2,1-2H3,(H2,38,39,46)(H,47,48,49)(H,50,51,52)(H,53,54,55)(H,56,57,58);;;;. The van der Waals surface area contributed by atoms with Gasteiger partial charge in [0.2, 0.25) is 0 Å². The molecule has 0 saturated heterocycles. The van der Waals surface area contributed by atoms with E-state index in [1.165, 1.54) is 24.3 Å². The number of ether oxygens (including phenoxy) is 2. The van der Waals surface area contributed by atoms with Crippen molar-refractivity contribution in [1.29, 1.82) is 0 Å². The summed E-state index contributed by atoms with van der Waals surface area (Å²) in [6.45, 7) is 0. The van der Waals surface area contributed by atoms with Crippen LogP contribution >= 0.6 is 0 Å². The summed E-state index contributed by atoms with van der Waals surface area (Å²) in [7, 11) is -17.7. The number of amides is 2.